The van der Waals surface area contributed by atoms with Crippen molar-refractivity contribution in [2.75, 3.05) is 5.73 Å². The largest absolute Gasteiger partial charge is 0.463 e. The molecule has 0 aliphatic rings. The molecular weight excluding hydrogens is 314 g/mol. The Bertz CT molecular complexity index is 963. The number of furan rings is 1. The van der Waals surface area contributed by atoms with Gasteiger partial charge in [0.2, 0.25) is 5.95 Å². The van der Waals surface area contributed by atoms with Gasteiger partial charge in [-0.3, -0.25) is 0 Å². The van der Waals surface area contributed by atoms with Crippen molar-refractivity contribution in [2.45, 2.75) is 6.42 Å². The van der Waals surface area contributed by atoms with Crippen LogP contribution in [0.3, 0.4) is 0 Å². The van der Waals surface area contributed by atoms with Crippen LogP contribution in [0.2, 0.25) is 5.02 Å². The van der Waals surface area contributed by atoms with Crippen molar-refractivity contribution < 1.29 is 4.42 Å². The highest BCUT2D eigenvalue weighted by Crippen LogP contribution is 2.30. The number of nitrogens with zero attached hydrogens (tertiary/aromatic N) is 4. The van der Waals surface area contributed by atoms with Gasteiger partial charge in [0.15, 0.2) is 11.4 Å². The summed E-state index contributed by atoms with van der Waals surface area (Å²) in [6.45, 7) is 0. The number of aromatic nitrogens is 4. The van der Waals surface area contributed by atoms with Crippen LogP contribution in [0.15, 0.2) is 53.1 Å². The van der Waals surface area contributed by atoms with E-state index in [-0.39, 0.29) is 5.95 Å². The SMILES string of the molecule is Nc1nc(Cc2ccccc2)nc2c(Cl)c(-c3ccco3)nn12. The zero-order chi connectivity index (χ0) is 15.8. The molecule has 0 bridgehead atoms. The molecule has 0 amide bonds. The normalized spacial score (nSPS) is 11.2. The van der Waals surface area contributed by atoms with E-state index >= 15 is 0 Å². The molecule has 4 rings (SSSR count). The molecular formula is C16H12ClN5O. The molecule has 0 saturated heterocycles. The number of rotatable bonds is 3. The number of nitrogens with two attached hydrogens (primary N) is 1. The van der Waals surface area contributed by atoms with Crippen LogP contribution >= 0.6 is 11.6 Å². The summed E-state index contributed by atoms with van der Waals surface area (Å²) in [6, 6.07) is 13.5. The monoisotopic (exact) mass is 325 g/mol. The summed E-state index contributed by atoms with van der Waals surface area (Å²) in [5.41, 5.74) is 8.07. The highest BCUT2D eigenvalue weighted by Gasteiger charge is 2.19. The Morgan fingerprint density at radius 1 is 1.09 bits per heavy atom. The average Bonchev–Trinajstić information content (AvgIpc) is 3.18. The van der Waals surface area contributed by atoms with Crippen LogP contribution in [0.5, 0.6) is 0 Å². The van der Waals surface area contributed by atoms with Crippen molar-refractivity contribution in [1.29, 1.82) is 0 Å². The van der Waals surface area contributed by atoms with Crippen molar-refractivity contribution >= 4 is 23.2 Å². The summed E-state index contributed by atoms with van der Waals surface area (Å²) < 4.78 is 6.77. The van der Waals surface area contributed by atoms with Gasteiger partial charge < -0.3 is 10.2 Å². The maximum atomic E-state index is 6.41. The predicted octanol–water partition coefficient (Wildman–Crippen LogP) is 3.21. The van der Waals surface area contributed by atoms with Crippen LogP contribution in [0, 0.1) is 0 Å². The van der Waals surface area contributed by atoms with Crippen LogP contribution in [0.4, 0.5) is 5.95 Å². The smallest absolute Gasteiger partial charge is 0.225 e. The first-order valence-electron chi connectivity index (χ1n) is 7.01. The minimum Gasteiger partial charge on any atom is -0.463 e. The molecule has 2 N–H and O–H groups in total. The fraction of sp³-hybridized carbons (Fsp3) is 0.0625. The second-order valence-electron chi connectivity index (χ2n) is 5.04. The number of halogens is 1. The van der Waals surface area contributed by atoms with Crippen molar-refractivity contribution in [2.24, 2.45) is 0 Å². The van der Waals surface area contributed by atoms with Crippen molar-refractivity contribution in [1.82, 2.24) is 19.6 Å². The number of benzene rings is 1. The van der Waals surface area contributed by atoms with E-state index in [4.69, 9.17) is 21.8 Å². The molecule has 114 valence electrons. The number of hydrogen-bond acceptors (Lipinski definition) is 5. The lowest BCUT2D eigenvalue weighted by molar-refractivity contribution is 0.579. The number of hydrogen-bond donors (Lipinski definition) is 1. The van der Waals surface area contributed by atoms with Gasteiger partial charge in [0.05, 0.1) is 6.26 Å². The van der Waals surface area contributed by atoms with Gasteiger partial charge in [-0.25, -0.2) is 4.98 Å². The predicted molar refractivity (Wildman–Crippen MR) is 87.2 cm³/mol. The third-order valence-electron chi connectivity index (χ3n) is 3.46. The molecule has 0 aliphatic heterocycles. The molecule has 1 aromatic carbocycles. The Balaban J connectivity index is 1.82. The average molecular weight is 326 g/mol. The van der Waals surface area contributed by atoms with E-state index < -0.39 is 0 Å². The van der Waals surface area contributed by atoms with E-state index in [2.05, 4.69) is 15.1 Å². The van der Waals surface area contributed by atoms with Crippen LogP contribution in [-0.2, 0) is 6.42 Å². The lowest BCUT2D eigenvalue weighted by Gasteiger charge is -2.03. The second kappa shape index (κ2) is 5.40. The zero-order valence-electron chi connectivity index (χ0n) is 12.0. The lowest BCUT2D eigenvalue weighted by Crippen LogP contribution is -2.08. The fourth-order valence-corrected chi connectivity index (χ4v) is 2.65. The van der Waals surface area contributed by atoms with E-state index in [0.717, 1.165) is 5.56 Å². The molecule has 0 aliphatic carbocycles. The van der Waals surface area contributed by atoms with Crippen molar-refractivity contribution in [3.05, 3.63) is 65.1 Å². The van der Waals surface area contributed by atoms with E-state index in [1.807, 2.05) is 30.3 Å². The summed E-state index contributed by atoms with van der Waals surface area (Å²) in [4.78, 5) is 8.81. The minimum absolute atomic E-state index is 0.237. The summed E-state index contributed by atoms with van der Waals surface area (Å²) >= 11 is 6.41. The first kappa shape index (κ1) is 13.8. The summed E-state index contributed by atoms with van der Waals surface area (Å²) in [5.74, 6) is 1.39. The molecule has 0 spiro atoms. The zero-order valence-corrected chi connectivity index (χ0v) is 12.7. The van der Waals surface area contributed by atoms with Gasteiger partial charge in [-0.05, 0) is 17.7 Å². The molecule has 0 fully saturated rings. The molecule has 3 heterocycles. The van der Waals surface area contributed by atoms with E-state index in [9.17, 15) is 0 Å². The molecule has 7 heteroatoms. The molecule has 0 radical (unpaired) electrons. The third-order valence-corrected chi connectivity index (χ3v) is 3.81. The minimum atomic E-state index is 0.237. The first-order chi connectivity index (χ1) is 11.2. The fourth-order valence-electron chi connectivity index (χ4n) is 2.40. The maximum absolute atomic E-state index is 6.41. The standard InChI is InChI=1S/C16H12ClN5O/c17-13-14(11-7-4-8-23-11)21-22-15(13)19-12(20-16(22)18)9-10-5-2-1-3-6-10/h1-8H,9H2,(H2,18,19,20). The van der Waals surface area contributed by atoms with Gasteiger partial charge in [0, 0.05) is 6.42 Å². The van der Waals surface area contributed by atoms with Gasteiger partial charge in [-0.2, -0.15) is 14.6 Å². The molecule has 3 aromatic heterocycles. The van der Waals surface area contributed by atoms with Crippen LogP contribution in [-0.4, -0.2) is 19.6 Å². The second-order valence-corrected chi connectivity index (χ2v) is 5.41. The summed E-state index contributed by atoms with van der Waals surface area (Å²) in [7, 11) is 0. The van der Waals surface area contributed by atoms with E-state index in [1.54, 1.807) is 18.4 Å². The molecule has 23 heavy (non-hydrogen) atoms. The Labute approximate surface area is 136 Å². The Hall–Kier alpha value is -2.86. The third kappa shape index (κ3) is 2.43. The van der Waals surface area contributed by atoms with Gasteiger partial charge >= 0.3 is 0 Å². The van der Waals surface area contributed by atoms with Gasteiger partial charge in [0.1, 0.15) is 16.5 Å². The Morgan fingerprint density at radius 2 is 1.91 bits per heavy atom. The first-order valence-corrected chi connectivity index (χ1v) is 7.38. The summed E-state index contributed by atoms with van der Waals surface area (Å²) in [6.07, 6.45) is 2.13. The number of nitrogen functional groups attached to an aromatic ring is 1. The van der Waals surface area contributed by atoms with Crippen molar-refractivity contribution in [3.8, 4) is 11.5 Å². The Kier molecular flexibility index (Phi) is 3.24. The number of anilines is 1. The van der Waals surface area contributed by atoms with Crippen molar-refractivity contribution in [3.63, 3.8) is 0 Å². The molecule has 6 nitrogen and oxygen atoms in total. The molecule has 0 saturated carbocycles. The highest BCUT2D eigenvalue weighted by atomic mass is 35.5. The number of fused-ring (bicyclic) bond motifs is 1. The van der Waals surface area contributed by atoms with E-state index in [0.29, 0.717) is 34.4 Å². The van der Waals surface area contributed by atoms with E-state index in [1.165, 1.54) is 4.52 Å². The molecule has 0 atom stereocenters. The molecule has 0 unspecified atom stereocenters. The Morgan fingerprint density at radius 3 is 2.65 bits per heavy atom. The van der Waals surface area contributed by atoms with Gasteiger partial charge in [-0.15, -0.1) is 0 Å². The quantitative estimate of drug-likeness (QED) is 0.625. The van der Waals surface area contributed by atoms with Gasteiger partial charge in [0.25, 0.3) is 0 Å². The van der Waals surface area contributed by atoms with Crippen LogP contribution in [0.1, 0.15) is 11.4 Å². The highest BCUT2D eigenvalue weighted by molar-refractivity contribution is 6.36. The van der Waals surface area contributed by atoms with Gasteiger partial charge in [-0.1, -0.05) is 41.9 Å². The van der Waals surface area contributed by atoms with Crippen LogP contribution in [0.25, 0.3) is 17.1 Å². The molecule has 4 aromatic rings. The lowest BCUT2D eigenvalue weighted by atomic mass is 10.1. The maximum Gasteiger partial charge on any atom is 0.225 e. The van der Waals surface area contributed by atoms with Crippen LogP contribution < -0.4 is 5.73 Å². The summed E-state index contributed by atoms with van der Waals surface area (Å²) in [5, 5.41) is 4.74. The topological polar surface area (TPSA) is 82.2 Å².